The summed E-state index contributed by atoms with van der Waals surface area (Å²) >= 11 is 0. The third kappa shape index (κ3) is 2.77. The first-order valence-electron chi connectivity index (χ1n) is 5.68. The molecule has 2 N–H and O–H groups in total. The van der Waals surface area contributed by atoms with Crippen LogP contribution in [0.25, 0.3) is 0 Å². The molecule has 1 heterocycles. The van der Waals surface area contributed by atoms with Crippen LogP contribution < -0.4 is 5.73 Å². The van der Waals surface area contributed by atoms with Crippen molar-refractivity contribution in [2.75, 3.05) is 0 Å². The zero-order valence-corrected chi connectivity index (χ0v) is 9.54. The molecule has 0 saturated heterocycles. The number of halogens is 3. The van der Waals surface area contributed by atoms with Gasteiger partial charge in [0.15, 0.2) is 0 Å². The van der Waals surface area contributed by atoms with Crippen molar-refractivity contribution in [3.05, 3.63) is 29.6 Å². The van der Waals surface area contributed by atoms with Crippen molar-refractivity contribution in [2.24, 2.45) is 11.7 Å². The average molecular weight is 244 g/mol. The van der Waals surface area contributed by atoms with E-state index in [9.17, 15) is 13.2 Å². The van der Waals surface area contributed by atoms with E-state index in [1.807, 2.05) is 6.92 Å². The quantitative estimate of drug-likeness (QED) is 0.887. The summed E-state index contributed by atoms with van der Waals surface area (Å²) in [6.07, 6.45) is -0.838. The number of hydrogen-bond acceptors (Lipinski definition) is 2. The topological polar surface area (TPSA) is 38.9 Å². The first-order chi connectivity index (χ1) is 7.89. The number of nitrogens with zero attached hydrogens (tertiary/aromatic N) is 1. The SMILES string of the molecule is CC(c1ccc(C(F)(F)F)nc1)C(N)C1CC1. The first-order valence-corrected chi connectivity index (χ1v) is 5.68. The summed E-state index contributed by atoms with van der Waals surface area (Å²) in [5.74, 6) is 0.574. The van der Waals surface area contributed by atoms with E-state index in [4.69, 9.17) is 5.73 Å². The highest BCUT2D eigenvalue weighted by atomic mass is 19.4. The molecule has 17 heavy (non-hydrogen) atoms. The molecule has 1 fully saturated rings. The second-order valence-corrected chi connectivity index (χ2v) is 4.68. The Hall–Kier alpha value is -1.10. The van der Waals surface area contributed by atoms with Gasteiger partial charge in [-0.05, 0) is 36.3 Å². The van der Waals surface area contributed by atoms with Gasteiger partial charge in [-0.15, -0.1) is 0 Å². The third-order valence-electron chi connectivity index (χ3n) is 3.35. The molecule has 0 aromatic carbocycles. The second-order valence-electron chi connectivity index (χ2n) is 4.68. The summed E-state index contributed by atoms with van der Waals surface area (Å²) < 4.78 is 37.0. The third-order valence-corrected chi connectivity index (χ3v) is 3.35. The fraction of sp³-hybridized carbons (Fsp3) is 0.583. The van der Waals surface area contributed by atoms with Crippen LogP contribution >= 0.6 is 0 Å². The van der Waals surface area contributed by atoms with E-state index in [1.54, 1.807) is 0 Å². The zero-order chi connectivity index (χ0) is 12.6. The molecule has 94 valence electrons. The van der Waals surface area contributed by atoms with Gasteiger partial charge in [0.1, 0.15) is 5.69 Å². The fourth-order valence-corrected chi connectivity index (χ4v) is 1.95. The maximum absolute atomic E-state index is 12.3. The Kier molecular flexibility index (Phi) is 3.12. The normalized spacial score (nSPS) is 20.1. The van der Waals surface area contributed by atoms with E-state index >= 15 is 0 Å². The van der Waals surface area contributed by atoms with Gasteiger partial charge in [0.05, 0.1) is 0 Å². The van der Waals surface area contributed by atoms with Gasteiger partial charge in [-0.2, -0.15) is 13.2 Å². The largest absolute Gasteiger partial charge is 0.433 e. The van der Waals surface area contributed by atoms with Gasteiger partial charge < -0.3 is 5.73 Å². The van der Waals surface area contributed by atoms with Crippen molar-refractivity contribution < 1.29 is 13.2 Å². The summed E-state index contributed by atoms with van der Waals surface area (Å²) in [5.41, 5.74) is 5.95. The monoisotopic (exact) mass is 244 g/mol. The lowest BCUT2D eigenvalue weighted by Gasteiger charge is -2.19. The van der Waals surface area contributed by atoms with Crippen molar-refractivity contribution in [3.8, 4) is 0 Å². The number of aromatic nitrogens is 1. The maximum Gasteiger partial charge on any atom is 0.433 e. The number of nitrogens with two attached hydrogens (primary N) is 1. The van der Waals surface area contributed by atoms with Crippen molar-refractivity contribution in [2.45, 2.75) is 37.9 Å². The summed E-state index contributed by atoms with van der Waals surface area (Å²) in [6, 6.07) is 2.52. The summed E-state index contributed by atoms with van der Waals surface area (Å²) in [5, 5.41) is 0. The molecule has 0 spiro atoms. The Bertz CT molecular complexity index is 382. The van der Waals surface area contributed by atoms with E-state index in [2.05, 4.69) is 4.98 Å². The van der Waals surface area contributed by atoms with E-state index in [1.165, 1.54) is 12.3 Å². The maximum atomic E-state index is 12.3. The first kappa shape index (κ1) is 12.4. The van der Waals surface area contributed by atoms with Crippen molar-refractivity contribution in [3.63, 3.8) is 0 Å². The molecule has 0 radical (unpaired) electrons. The smallest absolute Gasteiger partial charge is 0.327 e. The second kappa shape index (κ2) is 4.29. The molecule has 0 bridgehead atoms. The van der Waals surface area contributed by atoms with Gasteiger partial charge in [0.25, 0.3) is 0 Å². The number of hydrogen-bond donors (Lipinski definition) is 1. The minimum Gasteiger partial charge on any atom is -0.327 e. The van der Waals surface area contributed by atoms with Gasteiger partial charge in [-0.3, -0.25) is 4.98 Å². The van der Waals surface area contributed by atoms with Gasteiger partial charge in [-0.25, -0.2) is 0 Å². The van der Waals surface area contributed by atoms with E-state index < -0.39 is 11.9 Å². The van der Waals surface area contributed by atoms with Crippen LogP contribution in [-0.4, -0.2) is 11.0 Å². The average Bonchev–Trinajstić information content (AvgIpc) is 3.10. The zero-order valence-electron chi connectivity index (χ0n) is 9.54. The Morgan fingerprint density at radius 3 is 2.41 bits per heavy atom. The minimum absolute atomic E-state index is 0.0218. The predicted molar refractivity (Wildman–Crippen MR) is 58.4 cm³/mol. The molecule has 2 unspecified atom stereocenters. The van der Waals surface area contributed by atoms with E-state index in [-0.39, 0.29) is 12.0 Å². The molecular weight excluding hydrogens is 229 g/mol. The lowest BCUT2D eigenvalue weighted by molar-refractivity contribution is -0.141. The van der Waals surface area contributed by atoms with Gasteiger partial charge in [0, 0.05) is 12.2 Å². The lowest BCUT2D eigenvalue weighted by Crippen LogP contribution is -2.29. The number of rotatable bonds is 3. The summed E-state index contributed by atoms with van der Waals surface area (Å²) in [7, 11) is 0. The highest BCUT2D eigenvalue weighted by molar-refractivity contribution is 5.21. The molecule has 1 aliphatic rings. The van der Waals surface area contributed by atoms with Crippen LogP contribution in [0, 0.1) is 5.92 Å². The van der Waals surface area contributed by atoms with Gasteiger partial charge in [-0.1, -0.05) is 13.0 Å². The lowest BCUT2D eigenvalue weighted by atomic mass is 9.92. The number of alkyl halides is 3. The molecule has 5 heteroatoms. The Morgan fingerprint density at radius 2 is 2.00 bits per heavy atom. The standard InChI is InChI=1S/C12H15F3N2/c1-7(11(16)8-2-3-8)9-4-5-10(17-6-9)12(13,14)15/h4-8,11H,2-3,16H2,1H3. The molecule has 0 aliphatic heterocycles. The van der Waals surface area contributed by atoms with E-state index in [0.29, 0.717) is 5.92 Å². The molecule has 2 rings (SSSR count). The van der Waals surface area contributed by atoms with Crippen LogP contribution in [0.2, 0.25) is 0 Å². The fourth-order valence-electron chi connectivity index (χ4n) is 1.95. The molecule has 2 atom stereocenters. The van der Waals surface area contributed by atoms with Crippen LogP contribution in [0.1, 0.15) is 36.9 Å². The van der Waals surface area contributed by atoms with Gasteiger partial charge in [0.2, 0.25) is 0 Å². The molecular formula is C12H15F3N2. The molecule has 0 amide bonds. The molecule has 2 nitrogen and oxygen atoms in total. The predicted octanol–water partition coefficient (Wildman–Crippen LogP) is 2.94. The van der Waals surface area contributed by atoms with Crippen LogP contribution in [0.15, 0.2) is 18.3 Å². The highest BCUT2D eigenvalue weighted by Gasteiger charge is 2.34. The Morgan fingerprint density at radius 1 is 1.35 bits per heavy atom. The van der Waals surface area contributed by atoms with Crippen molar-refractivity contribution in [1.82, 2.24) is 4.98 Å². The summed E-state index contributed by atoms with van der Waals surface area (Å²) in [6.45, 7) is 1.94. The van der Waals surface area contributed by atoms with Crippen LogP contribution in [0.5, 0.6) is 0 Å². The highest BCUT2D eigenvalue weighted by Crippen LogP contribution is 2.37. The van der Waals surface area contributed by atoms with Gasteiger partial charge >= 0.3 is 6.18 Å². The van der Waals surface area contributed by atoms with Crippen LogP contribution in [0.3, 0.4) is 0 Å². The van der Waals surface area contributed by atoms with Crippen LogP contribution in [0.4, 0.5) is 13.2 Å². The Balaban J connectivity index is 2.11. The molecule has 1 aromatic heterocycles. The molecule has 1 aromatic rings. The van der Waals surface area contributed by atoms with E-state index in [0.717, 1.165) is 24.5 Å². The summed E-state index contributed by atoms with van der Waals surface area (Å²) in [4.78, 5) is 3.45. The minimum atomic E-state index is -4.37. The van der Waals surface area contributed by atoms with Crippen molar-refractivity contribution in [1.29, 1.82) is 0 Å². The number of pyridine rings is 1. The Labute approximate surface area is 98.0 Å². The molecule has 1 aliphatic carbocycles. The van der Waals surface area contributed by atoms with Crippen LogP contribution in [-0.2, 0) is 6.18 Å². The molecule has 1 saturated carbocycles. The van der Waals surface area contributed by atoms with Crippen molar-refractivity contribution >= 4 is 0 Å².